The van der Waals surface area contributed by atoms with Gasteiger partial charge >= 0.3 is 0 Å². The van der Waals surface area contributed by atoms with Crippen LogP contribution in [0.3, 0.4) is 0 Å². The van der Waals surface area contributed by atoms with E-state index < -0.39 is 0 Å². The number of hydrogen-bond donors (Lipinski definition) is 1. The third-order valence-electron chi connectivity index (χ3n) is 3.40. The van der Waals surface area contributed by atoms with Gasteiger partial charge < -0.3 is 10.1 Å². The van der Waals surface area contributed by atoms with Gasteiger partial charge in [0.25, 0.3) is 0 Å². The van der Waals surface area contributed by atoms with Gasteiger partial charge in [-0.15, -0.1) is 0 Å². The number of fused-ring (bicyclic) bond motifs is 3. The van der Waals surface area contributed by atoms with Crippen molar-refractivity contribution in [1.82, 2.24) is 0 Å². The molecule has 0 amide bonds. The van der Waals surface area contributed by atoms with Crippen molar-refractivity contribution in [2.45, 2.75) is 5.92 Å². The highest BCUT2D eigenvalue weighted by molar-refractivity contribution is 5.88. The van der Waals surface area contributed by atoms with Crippen molar-refractivity contribution < 1.29 is 4.79 Å². The number of aldehydes is 1. The van der Waals surface area contributed by atoms with Gasteiger partial charge in [0, 0.05) is 12.7 Å². The van der Waals surface area contributed by atoms with E-state index in [2.05, 4.69) is 23.5 Å². The second-order valence-electron chi connectivity index (χ2n) is 4.25. The molecule has 0 bridgehead atoms. The maximum Gasteiger partial charge on any atom is 0.131 e. The molecule has 0 saturated carbocycles. The molecule has 0 saturated heterocycles. The van der Waals surface area contributed by atoms with Crippen molar-refractivity contribution in [3.63, 3.8) is 0 Å². The molecule has 1 N–H and O–H groups in total. The van der Waals surface area contributed by atoms with Gasteiger partial charge in [-0.2, -0.15) is 0 Å². The average Bonchev–Trinajstić information content (AvgIpc) is 2.71. The second-order valence-corrected chi connectivity index (χ2v) is 4.25. The van der Waals surface area contributed by atoms with E-state index in [1.807, 2.05) is 31.3 Å². The van der Waals surface area contributed by atoms with E-state index in [-0.39, 0.29) is 5.92 Å². The molecule has 0 aromatic heterocycles. The van der Waals surface area contributed by atoms with Crippen molar-refractivity contribution in [1.29, 1.82) is 0 Å². The van der Waals surface area contributed by atoms with E-state index in [0.717, 1.165) is 23.1 Å². The molecule has 1 atom stereocenters. The summed E-state index contributed by atoms with van der Waals surface area (Å²) in [6.07, 6.45) is 1.03. The summed E-state index contributed by atoms with van der Waals surface area (Å²) in [6.45, 7) is 0. The third-order valence-corrected chi connectivity index (χ3v) is 3.40. The molecule has 0 spiro atoms. The van der Waals surface area contributed by atoms with Gasteiger partial charge in [-0.05, 0) is 34.4 Å². The maximum absolute atomic E-state index is 11.3. The lowest BCUT2D eigenvalue weighted by molar-refractivity contribution is -0.108. The van der Waals surface area contributed by atoms with Crippen LogP contribution in [0.15, 0.2) is 42.5 Å². The SMILES string of the molecule is CNc1ccc2c(c1)C(C=O)c1ccccc1-2. The van der Waals surface area contributed by atoms with Crippen molar-refractivity contribution in [2.24, 2.45) is 0 Å². The van der Waals surface area contributed by atoms with Crippen molar-refractivity contribution in [3.8, 4) is 11.1 Å². The standard InChI is InChI=1S/C15H13NO/c1-16-10-6-7-13-11-4-2-3-5-12(11)15(9-17)14(13)8-10/h2-9,15-16H,1H3. The summed E-state index contributed by atoms with van der Waals surface area (Å²) in [6, 6.07) is 14.3. The Morgan fingerprint density at radius 2 is 1.82 bits per heavy atom. The van der Waals surface area contributed by atoms with Crippen LogP contribution in [0.25, 0.3) is 11.1 Å². The third kappa shape index (κ3) is 1.37. The summed E-state index contributed by atoms with van der Waals surface area (Å²) in [5.41, 5.74) is 5.63. The Bertz CT molecular complexity index is 589. The number of carbonyl (C=O) groups excluding carboxylic acids is 1. The molecule has 3 rings (SSSR count). The van der Waals surface area contributed by atoms with Crippen molar-refractivity contribution in [2.75, 3.05) is 12.4 Å². The monoisotopic (exact) mass is 223 g/mol. The molecular formula is C15H13NO. The van der Waals surface area contributed by atoms with Gasteiger partial charge in [-0.3, -0.25) is 0 Å². The smallest absolute Gasteiger partial charge is 0.131 e. The fourth-order valence-corrected chi connectivity index (χ4v) is 2.55. The Morgan fingerprint density at radius 1 is 1.06 bits per heavy atom. The first-order chi connectivity index (χ1) is 8.35. The van der Waals surface area contributed by atoms with E-state index in [4.69, 9.17) is 0 Å². The number of benzene rings is 2. The topological polar surface area (TPSA) is 29.1 Å². The normalized spacial score (nSPS) is 16.2. The number of hydrogen-bond acceptors (Lipinski definition) is 2. The molecule has 2 nitrogen and oxygen atoms in total. The van der Waals surface area contributed by atoms with Gasteiger partial charge in [0.15, 0.2) is 0 Å². The summed E-state index contributed by atoms with van der Waals surface area (Å²) in [5, 5.41) is 3.11. The van der Waals surface area contributed by atoms with Crippen LogP contribution in [0.5, 0.6) is 0 Å². The van der Waals surface area contributed by atoms with Crippen LogP contribution >= 0.6 is 0 Å². The van der Waals surface area contributed by atoms with E-state index >= 15 is 0 Å². The Kier molecular flexibility index (Phi) is 2.22. The molecule has 1 aliphatic carbocycles. The van der Waals surface area contributed by atoms with Crippen LogP contribution in [-0.2, 0) is 4.79 Å². The molecule has 2 aromatic rings. The first-order valence-electron chi connectivity index (χ1n) is 5.71. The van der Waals surface area contributed by atoms with Gasteiger partial charge in [0.05, 0.1) is 5.92 Å². The Balaban J connectivity index is 2.27. The largest absolute Gasteiger partial charge is 0.388 e. The van der Waals surface area contributed by atoms with Crippen LogP contribution < -0.4 is 5.32 Å². The van der Waals surface area contributed by atoms with E-state index in [1.54, 1.807) is 0 Å². The number of rotatable bonds is 2. The van der Waals surface area contributed by atoms with Crippen LogP contribution in [0.4, 0.5) is 5.69 Å². The lowest BCUT2D eigenvalue weighted by Crippen LogP contribution is -1.98. The molecule has 0 aliphatic heterocycles. The molecule has 17 heavy (non-hydrogen) atoms. The first kappa shape index (κ1) is 10.1. The summed E-state index contributed by atoms with van der Waals surface area (Å²) in [7, 11) is 1.89. The first-order valence-corrected chi connectivity index (χ1v) is 5.71. The van der Waals surface area contributed by atoms with E-state index in [0.29, 0.717) is 0 Å². The minimum Gasteiger partial charge on any atom is -0.388 e. The second kappa shape index (κ2) is 3.74. The maximum atomic E-state index is 11.3. The number of carbonyl (C=O) groups is 1. The molecule has 1 aliphatic rings. The van der Waals surface area contributed by atoms with E-state index in [1.165, 1.54) is 11.1 Å². The zero-order valence-electron chi connectivity index (χ0n) is 9.60. The lowest BCUT2D eigenvalue weighted by Gasteiger charge is -2.07. The van der Waals surface area contributed by atoms with Crippen LogP contribution in [0.1, 0.15) is 17.0 Å². The fourth-order valence-electron chi connectivity index (χ4n) is 2.55. The Labute approximate surface area is 100 Å². The molecule has 0 fully saturated rings. The summed E-state index contributed by atoms with van der Waals surface area (Å²) in [4.78, 5) is 11.3. The molecule has 0 radical (unpaired) electrons. The zero-order chi connectivity index (χ0) is 11.8. The highest BCUT2D eigenvalue weighted by Crippen LogP contribution is 2.44. The van der Waals surface area contributed by atoms with Crippen LogP contribution in [0, 0.1) is 0 Å². The van der Waals surface area contributed by atoms with Crippen molar-refractivity contribution >= 4 is 12.0 Å². The van der Waals surface area contributed by atoms with Crippen LogP contribution in [-0.4, -0.2) is 13.3 Å². The van der Waals surface area contributed by atoms with Gasteiger partial charge in [0.1, 0.15) is 6.29 Å². The summed E-state index contributed by atoms with van der Waals surface area (Å²) < 4.78 is 0. The molecule has 2 aromatic carbocycles. The van der Waals surface area contributed by atoms with E-state index in [9.17, 15) is 4.79 Å². The molecule has 1 unspecified atom stereocenters. The highest BCUT2D eigenvalue weighted by Gasteiger charge is 2.27. The minimum atomic E-state index is -0.116. The van der Waals surface area contributed by atoms with Crippen molar-refractivity contribution in [3.05, 3.63) is 53.6 Å². The number of anilines is 1. The molecule has 84 valence electrons. The lowest BCUT2D eigenvalue weighted by atomic mass is 9.98. The zero-order valence-corrected chi connectivity index (χ0v) is 9.60. The molecule has 0 heterocycles. The predicted molar refractivity (Wildman–Crippen MR) is 69.3 cm³/mol. The van der Waals surface area contributed by atoms with Gasteiger partial charge in [-0.1, -0.05) is 30.3 Å². The van der Waals surface area contributed by atoms with Crippen LogP contribution in [0.2, 0.25) is 0 Å². The molecular weight excluding hydrogens is 210 g/mol. The Morgan fingerprint density at radius 3 is 2.59 bits per heavy atom. The molecule has 2 heteroatoms. The number of nitrogens with one attached hydrogen (secondary N) is 1. The summed E-state index contributed by atoms with van der Waals surface area (Å²) >= 11 is 0. The highest BCUT2D eigenvalue weighted by atomic mass is 16.1. The van der Waals surface area contributed by atoms with Gasteiger partial charge in [0.2, 0.25) is 0 Å². The fraction of sp³-hybridized carbons (Fsp3) is 0.133. The quantitative estimate of drug-likeness (QED) is 0.793. The van der Waals surface area contributed by atoms with Gasteiger partial charge in [-0.25, -0.2) is 0 Å². The summed E-state index contributed by atoms with van der Waals surface area (Å²) in [5.74, 6) is -0.116. The predicted octanol–water partition coefficient (Wildman–Crippen LogP) is 3.04. The Hall–Kier alpha value is -2.09. The minimum absolute atomic E-state index is 0.116. The average molecular weight is 223 g/mol.